The molecule has 0 atom stereocenters. The van der Waals surface area contributed by atoms with Crippen molar-refractivity contribution in [2.24, 2.45) is 5.10 Å². The Labute approximate surface area is 146 Å². The smallest absolute Gasteiger partial charge is 0.200 e. The summed E-state index contributed by atoms with van der Waals surface area (Å²) in [6.45, 7) is 1.86. The van der Waals surface area contributed by atoms with E-state index in [-0.39, 0.29) is 17.9 Å². The second-order valence-corrected chi connectivity index (χ2v) is 7.35. The molecule has 0 unspecified atom stereocenters. The lowest BCUT2D eigenvalue weighted by Crippen LogP contribution is -2.27. The van der Waals surface area contributed by atoms with E-state index in [1.807, 2.05) is 13.0 Å². The Balaban J connectivity index is 2.31. The summed E-state index contributed by atoms with van der Waals surface area (Å²) < 4.78 is 26.4. The largest absolute Gasteiger partial charge is 0.279 e. The van der Waals surface area contributed by atoms with E-state index in [1.165, 1.54) is 18.3 Å². The molecule has 5 nitrogen and oxygen atoms in total. The first-order chi connectivity index (χ1) is 11.4. The van der Waals surface area contributed by atoms with Gasteiger partial charge < -0.3 is 0 Å². The highest BCUT2D eigenvalue weighted by Crippen LogP contribution is 2.17. The fraction of sp³-hybridized carbons (Fsp3) is 0.176. The van der Waals surface area contributed by atoms with Crippen molar-refractivity contribution in [3.05, 3.63) is 64.7 Å². The van der Waals surface area contributed by atoms with Gasteiger partial charge in [-0.3, -0.25) is 0 Å². The van der Waals surface area contributed by atoms with E-state index in [2.05, 4.69) is 5.10 Å². The van der Waals surface area contributed by atoms with Crippen LogP contribution in [0, 0.1) is 18.3 Å². The van der Waals surface area contributed by atoms with Crippen LogP contribution in [-0.4, -0.2) is 25.6 Å². The number of hydrazone groups is 1. The van der Waals surface area contributed by atoms with Crippen LogP contribution in [0.15, 0.2) is 58.5 Å². The molecule has 124 valence electrons. The van der Waals surface area contributed by atoms with Crippen molar-refractivity contribution in [2.75, 3.05) is 6.54 Å². The molecule has 0 aromatic heterocycles. The van der Waals surface area contributed by atoms with Crippen LogP contribution < -0.4 is 0 Å². The van der Waals surface area contributed by atoms with Gasteiger partial charge in [-0.25, -0.2) is 0 Å². The Hall–Kier alpha value is -2.36. The topological polar surface area (TPSA) is 73.5 Å². The SMILES string of the molecule is Cc1ccc(S(=O)(=O)N(CCC#N)/N=C/c2ccc(Cl)cc2)cc1. The van der Waals surface area contributed by atoms with Gasteiger partial charge in [-0.05, 0) is 36.8 Å². The maximum atomic E-state index is 12.7. The zero-order chi connectivity index (χ0) is 17.6. The van der Waals surface area contributed by atoms with Crippen LogP contribution in [0.5, 0.6) is 0 Å². The lowest BCUT2D eigenvalue weighted by atomic mass is 10.2. The number of sulfonamides is 1. The molecule has 24 heavy (non-hydrogen) atoms. The monoisotopic (exact) mass is 361 g/mol. The number of nitriles is 1. The van der Waals surface area contributed by atoms with Crippen LogP contribution >= 0.6 is 11.6 Å². The fourth-order valence-electron chi connectivity index (χ4n) is 1.90. The molecular formula is C17H16ClN3O2S. The molecular weight excluding hydrogens is 346 g/mol. The quantitative estimate of drug-likeness (QED) is 0.583. The summed E-state index contributed by atoms with van der Waals surface area (Å²) in [5, 5.41) is 13.4. The van der Waals surface area contributed by atoms with Gasteiger partial charge in [0.2, 0.25) is 0 Å². The van der Waals surface area contributed by atoms with Gasteiger partial charge in [-0.15, -0.1) is 0 Å². The van der Waals surface area contributed by atoms with Gasteiger partial charge in [0, 0.05) is 5.02 Å². The maximum Gasteiger partial charge on any atom is 0.279 e. The van der Waals surface area contributed by atoms with E-state index in [0.29, 0.717) is 10.6 Å². The summed E-state index contributed by atoms with van der Waals surface area (Å²) in [7, 11) is -3.81. The highest BCUT2D eigenvalue weighted by atomic mass is 35.5. The van der Waals surface area contributed by atoms with Gasteiger partial charge in [0.25, 0.3) is 10.0 Å². The number of rotatable bonds is 6. The zero-order valence-electron chi connectivity index (χ0n) is 13.1. The Morgan fingerprint density at radius 3 is 2.38 bits per heavy atom. The summed E-state index contributed by atoms with van der Waals surface area (Å²) >= 11 is 5.82. The number of hydrogen-bond acceptors (Lipinski definition) is 4. The second-order valence-electron chi connectivity index (χ2n) is 5.07. The number of aryl methyl sites for hydroxylation is 1. The van der Waals surface area contributed by atoms with E-state index in [4.69, 9.17) is 16.9 Å². The molecule has 0 spiro atoms. The summed E-state index contributed by atoms with van der Waals surface area (Å²) in [6, 6.07) is 15.3. The van der Waals surface area contributed by atoms with Gasteiger partial charge in [0.05, 0.1) is 30.1 Å². The second kappa shape index (κ2) is 7.95. The predicted octanol–water partition coefficient (Wildman–Crippen LogP) is 3.59. The van der Waals surface area contributed by atoms with Crippen LogP contribution in [-0.2, 0) is 10.0 Å². The molecule has 0 aliphatic heterocycles. The Morgan fingerprint density at radius 2 is 1.79 bits per heavy atom. The number of nitrogens with zero attached hydrogens (tertiary/aromatic N) is 3. The van der Waals surface area contributed by atoms with Crippen LogP contribution in [0.25, 0.3) is 0 Å². The van der Waals surface area contributed by atoms with E-state index >= 15 is 0 Å². The lowest BCUT2D eigenvalue weighted by molar-refractivity contribution is 0.439. The molecule has 0 fully saturated rings. The van der Waals surface area contributed by atoms with Crippen LogP contribution in [0.3, 0.4) is 0 Å². The van der Waals surface area contributed by atoms with Gasteiger partial charge >= 0.3 is 0 Å². The standard InChI is InChI=1S/C17H16ClN3O2S/c1-14-3-9-17(10-4-14)24(22,23)21(12-2-11-19)20-13-15-5-7-16(18)8-6-15/h3-10,13H,2,12H2,1H3/b20-13+. The molecule has 0 N–H and O–H groups in total. The van der Waals surface area contributed by atoms with E-state index in [1.54, 1.807) is 36.4 Å². The average Bonchev–Trinajstić information content (AvgIpc) is 2.56. The van der Waals surface area contributed by atoms with Crippen LogP contribution in [0.2, 0.25) is 5.02 Å². The van der Waals surface area contributed by atoms with Crippen molar-refractivity contribution in [3.63, 3.8) is 0 Å². The van der Waals surface area contributed by atoms with Gasteiger partial charge in [0.15, 0.2) is 0 Å². The third kappa shape index (κ3) is 4.57. The van der Waals surface area contributed by atoms with Gasteiger partial charge in [-0.1, -0.05) is 41.4 Å². The van der Waals surface area contributed by atoms with Crippen LogP contribution in [0.4, 0.5) is 0 Å². The van der Waals surface area contributed by atoms with Gasteiger partial charge in [-0.2, -0.15) is 23.2 Å². The molecule has 0 amide bonds. The minimum absolute atomic E-state index is 0.0171. The molecule has 0 saturated carbocycles. The molecule has 2 aromatic rings. The minimum Gasteiger partial charge on any atom is -0.200 e. The fourth-order valence-corrected chi connectivity index (χ4v) is 3.25. The molecule has 0 bridgehead atoms. The normalized spacial score (nSPS) is 11.4. The van der Waals surface area contributed by atoms with E-state index in [9.17, 15) is 8.42 Å². The number of hydrogen-bond donors (Lipinski definition) is 0. The molecule has 2 aromatic carbocycles. The summed E-state index contributed by atoms with van der Waals surface area (Å²) in [5.41, 5.74) is 1.67. The Kier molecular flexibility index (Phi) is 5.96. The molecule has 0 aliphatic rings. The Bertz CT molecular complexity index is 854. The first-order valence-electron chi connectivity index (χ1n) is 7.19. The van der Waals surface area contributed by atoms with Crippen LogP contribution in [0.1, 0.15) is 17.5 Å². The number of halogens is 1. The van der Waals surface area contributed by atoms with Crippen molar-refractivity contribution in [1.29, 1.82) is 5.26 Å². The van der Waals surface area contributed by atoms with Crippen molar-refractivity contribution < 1.29 is 8.42 Å². The molecule has 2 rings (SSSR count). The van der Waals surface area contributed by atoms with Crippen molar-refractivity contribution in [2.45, 2.75) is 18.2 Å². The van der Waals surface area contributed by atoms with Crippen molar-refractivity contribution >= 4 is 27.8 Å². The van der Waals surface area contributed by atoms with Crippen molar-refractivity contribution in [1.82, 2.24) is 4.41 Å². The molecule has 0 aliphatic carbocycles. The molecule has 0 saturated heterocycles. The van der Waals surface area contributed by atoms with Gasteiger partial charge in [0.1, 0.15) is 0 Å². The molecule has 7 heteroatoms. The van der Waals surface area contributed by atoms with E-state index in [0.717, 1.165) is 9.98 Å². The third-order valence-electron chi connectivity index (χ3n) is 3.22. The average molecular weight is 362 g/mol. The highest BCUT2D eigenvalue weighted by molar-refractivity contribution is 7.89. The summed E-state index contributed by atoms with van der Waals surface area (Å²) in [4.78, 5) is 0.138. The first-order valence-corrected chi connectivity index (χ1v) is 9.01. The minimum atomic E-state index is -3.81. The van der Waals surface area contributed by atoms with E-state index < -0.39 is 10.0 Å². The molecule has 0 radical (unpaired) electrons. The van der Waals surface area contributed by atoms with Crippen molar-refractivity contribution in [3.8, 4) is 6.07 Å². The summed E-state index contributed by atoms with van der Waals surface area (Å²) in [6.07, 6.45) is 1.47. The predicted molar refractivity (Wildman–Crippen MR) is 94.3 cm³/mol. The maximum absolute atomic E-state index is 12.7. The highest BCUT2D eigenvalue weighted by Gasteiger charge is 2.22. The lowest BCUT2D eigenvalue weighted by Gasteiger charge is -2.18. The number of benzene rings is 2. The third-order valence-corrected chi connectivity index (χ3v) is 5.17. The first kappa shape index (κ1) is 18.0. The zero-order valence-corrected chi connectivity index (χ0v) is 14.6. The Morgan fingerprint density at radius 1 is 1.17 bits per heavy atom. The molecule has 0 heterocycles. The summed E-state index contributed by atoms with van der Waals surface area (Å²) in [5.74, 6) is 0.